The number of fused-ring (bicyclic) bond motifs is 1. The first-order valence-electron chi connectivity index (χ1n) is 10.4. The van der Waals surface area contributed by atoms with Gasteiger partial charge in [0.05, 0.1) is 21.8 Å². The van der Waals surface area contributed by atoms with Crippen LogP contribution in [0.5, 0.6) is 0 Å². The predicted molar refractivity (Wildman–Crippen MR) is 133 cm³/mol. The summed E-state index contributed by atoms with van der Waals surface area (Å²) in [6, 6.07) is 17.3. The van der Waals surface area contributed by atoms with E-state index in [1.807, 2.05) is 18.2 Å². The number of aromatic nitrogens is 5. The summed E-state index contributed by atoms with van der Waals surface area (Å²) in [6.07, 6.45) is 2.43. The molecule has 0 unspecified atom stereocenters. The number of nitrogens with one attached hydrogen (secondary N) is 1. The molecule has 0 atom stereocenters. The Kier molecular flexibility index (Phi) is 6.00. The molecule has 34 heavy (non-hydrogen) atoms. The van der Waals surface area contributed by atoms with Crippen molar-refractivity contribution in [2.45, 2.75) is 6.42 Å². The van der Waals surface area contributed by atoms with Crippen molar-refractivity contribution in [3.63, 3.8) is 0 Å². The van der Waals surface area contributed by atoms with E-state index in [2.05, 4.69) is 25.4 Å². The van der Waals surface area contributed by atoms with Crippen LogP contribution < -0.4 is 11.1 Å². The van der Waals surface area contributed by atoms with Gasteiger partial charge in [0.25, 0.3) is 0 Å². The second-order valence-electron chi connectivity index (χ2n) is 7.49. The molecular formula is C24H18Cl2FN7. The lowest BCUT2D eigenvalue weighted by Gasteiger charge is -2.09. The smallest absolute Gasteiger partial charge is 0.225 e. The number of pyridine rings is 1. The van der Waals surface area contributed by atoms with Gasteiger partial charge in [-0.05, 0) is 54.6 Å². The Bertz CT molecular complexity index is 1470. The van der Waals surface area contributed by atoms with E-state index in [-0.39, 0.29) is 5.02 Å². The van der Waals surface area contributed by atoms with Gasteiger partial charge >= 0.3 is 0 Å². The number of rotatable bonds is 6. The standard InChI is InChI=1S/C24H18Cl2FN7/c25-15-5-7-17(8-6-15)34-22(28)20-21(14-4-9-19(27)18(26)13-14)31-24(32-23(20)33-34)30-12-10-16-3-1-2-11-29-16/h1-9,11,13H,10,12,28H2,(H,30,32,33). The van der Waals surface area contributed by atoms with Gasteiger partial charge in [0, 0.05) is 35.4 Å². The van der Waals surface area contributed by atoms with Crippen molar-refractivity contribution in [2.75, 3.05) is 17.6 Å². The molecule has 170 valence electrons. The quantitative estimate of drug-likeness (QED) is 0.321. The van der Waals surface area contributed by atoms with Gasteiger partial charge in [-0.2, -0.15) is 4.98 Å². The Morgan fingerprint density at radius 2 is 1.82 bits per heavy atom. The van der Waals surface area contributed by atoms with Crippen molar-refractivity contribution < 1.29 is 4.39 Å². The van der Waals surface area contributed by atoms with Crippen LogP contribution in [0.15, 0.2) is 66.9 Å². The summed E-state index contributed by atoms with van der Waals surface area (Å²) < 4.78 is 15.4. The summed E-state index contributed by atoms with van der Waals surface area (Å²) in [4.78, 5) is 13.6. The monoisotopic (exact) mass is 493 g/mol. The molecule has 2 aromatic carbocycles. The molecule has 10 heteroatoms. The number of halogens is 3. The number of benzene rings is 2. The molecule has 3 aromatic heterocycles. The third-order valence-corrected chi connectivity index (χ3v) is 5.77. The summed E-state index contributed by atoms with van der Waals surface area (Å²) in [5.41, 5.74) is 9.62. The van der Waals surface area contributed by atoms with Crippen LogP contribution in [0.4, 0.5) is 16.2 Å². The summed E-state index contributed by atoms with van der Waals surface area (Å²) in [6.45, 7) is 0.555. The van der Waals surface area contributed by atoms with Crippen molar-refractivity contribution in [1.29, 1.82) is 0 Å². The minimum Gasteiger partial charge on any atom is -0.383 e. The van der Waals surface area contributed by atoms with Gasteiger partial charge in [0.15, 0.2) is 5.65 Å². The average molecular weight is 494 g/mol. The highest BCUT2D eigenvalue weighted by molar-refractivity contribution is 6.31. The molecule has 0 fully saturated rings. The third kappa shape index (κ3) is 4.37. The summed E-state index contributed by atoms with van der Waals surface area (Å²) in [5.74, 6) is 0.182. The Morgan fingerprint density at radius 3 is 2.56 bits per heavy atom. The van der Waals surface area contributed by atoms with Gasteiger partial charge in [0.2, 0.25) is 5.95 Å². The van der Waals surface area contributed by atoms with Crippen LogP contribution >= 0.6 is 23.2 Å². The zero-order valence-corrected chi connectivity index (χ0v) is 19.2. The Labute approximate surface area is 204 Å². The first-order chi connectivity index (χ1) is 16.5. The fourth-order valence-corrected chi connectivity index (χ4v) is 3.88. The largest absolute Gasteiger partial charge is 0.383 e. The van der Waals surface area contributed by atoms with Gasteiger partial charge in [-0.15, -0.1) is 5.10 Å². The van der Waals surface area contributed by atoms with Crippen LogP contribution in [0.2, 0.25) is 10.0 Å². The van der Waals surface area contributed by atoms with Crippen molar-refractivity contribution in [2.24, 2.45) is 0 Å². The number of hydrogen-bond acceptors (Lipinski definition) is 6. The summed E-state index contributed by atoms with van der Waals surface area (Å²) in [7, 11) is 0. The van der Waals surface area contributed by atoms with Gasteiger partial charge in [0.1, 0.15) is 11.6 Å². The number of nitrogen functional groups attached to an aromatic ring is 1. The Hall–Kier alpha value is -3.75. The van der Waals surface area contributed by atoms with E-state index in [1.54, 1.807) is 41.2 Å². The van der Waals surface area contributed by atoms with Gasteiger partial charge in [-0.1, -0.05) is 29.3 Å². The molecule has 0 aliphatic rings. The zero-order valence-electron chi connectivity index (χ0n) is 17.7. The maximum atomic E-state index is 13.8. The van der Waals surface area contributed by atoms with Crippen LogP contribution in [-0.2, 0) is 6.42 Å². The topological polar surface area (TPSA) is 94.5 Å². The Morgan fingerprint density at radius 1 is 1.00 bits per heavy atom. The Balaban J connectivity index is 1.59. The average Bonchev–Trinajstić information content (AvgIpc) is 3.18. The van der Waals surface area contributed by atoms with Crippen molar-refractivity contribution in [3.8, 4) is 16.9 Å². The maximum Gasteiger partial charge on any atom is 0.225 e. The van der Waals surface area contributed by atoms with E-state index in [0.717, 1.165) is 5.69 Å². The molecule has 0 saturated carbocycles. The molecule has 5 aromatic rings. The molecule has 3 N–H and O–H groups in total. The molecule has 0 spiro atoms. The third-order valence-electron chi connectivity index (χ3n) is 5.22. The van der Waals surface area contributed by atoms with E-state index in [9.17, 15) is 4.39 Å². The molecule has 0 amide bonds. The minimum absolute atomic E-state index is 0.0161. The first-order valence-corrected chi connectivity index (χ1v) is 11.2. The van der Waals surface area contributed by atoms with E-state index in [4.69, 9.17) is 28.9 Å². The fraction of sp³-hybridized carbons (Fsp3) is 0.0833. The van der Waals surface area contributed by atoms with Crippen molar-refractivity contribution in [1.82, 2.24) is 24.7 Å². The SMILES string of the molecule is Nc1c2c(-c3ccc(F)c(Cl)c3)nc(NCCc3ccccn3)nc2nn1-c1ccc(Cl)cc1. The lowest BCUT2D eigenvalue weighted by Crippen LogP contribution is -2.09. The zero-order chi connectivity index (χ0) is 23.7. The molecule has 0 aliphatic heterocycles. The molecule has 3 heterocycles. The lowest BCUT2D eigenvalue weighted by atomic mass is 10.1. The number of nitrogens with two attached hydrogens (primary N) is 1. The van der Waals surface area contributed by atoms with Crippen LogP contribution in [-0.4, -0.2) is 31.3 Å². The van der Waals surface area contributed by atoms with Gasteiger partial charge < -0.3 is 11.1 Å². The molecule has 0 aliphatic carbocycles. The highest BCUT2D eigenvalue weighted by Crippen LogP contribution is 2.34. The van der Waals surface area contributed by atoms with Crippen LogP contribution in [0.1, 0.15) is 5.69 Å². The molecule has 5 rings (SSSR count). The number of anilines is 2. The maximum absolute atomic E-state index is 13.8. The fourth-order valence-electron chi connectivity index (χ4n) is 3.57. The van der Waals surface area contributed by atoms with E-state index >= 15 is 0 Å². The van der Waals surface area contributed by atoms with Gasteiger partial charge in [-0.25, -0.2) is 14.1 Å². The van der Waals surface area contributed by atoms with E-state index in [0.29, 0.717) is 57.7 Å². The molecule has 0 saturated heterocycles. The minimum atomic E-state index is -0.519. The van der Waals surface area contributed by atoms with Crippen LogP contribution in [0.25, 0.3) is 28.0 Å². The second-order valence-corrected chi connectivity index (χ2v) is 8.34. The summed E-state index contributed by atoms with van der Waals surface area (Å²) in [5, 5.41) is 8.94. The van der Waals surface area contributed by atoms with E-state index < -0.39 is 5.82 Å². The summed E-state index contributed by atoms with van der Waals surface area (Å²) >= 11 is 12.1. The van der Waals surface area contributed by atoms with Crippen molar-refractivity contribution >= 4 is 46.0 Å². The number of nitrogens with zero attached hydrogens (tertiary/aromatic N) is 5. The van der Waals surface area contributed by atoms with E-state index in [1.165, 1.54) is 12.1 Å². The number of hydrogen-bond donors (Lipinski definition) is 2. The molecule has 0 radical (unpaired) electrons. The normalized spacial score (nSPS) is 11.1. The lowest BCUT2D eigenvalue weighted by molar-refractivity contribution is 0.628. The van der Waals surface area contributed by atoms with Crippen LogP contribution in [0, 0.1) is 5.82 Å². The predicted octanol–water partition coefficient (Wildman–Crippen LogP) is 5.56. The molecule has 7 nitrogen and oxygen atoms in total. The molecular weight excluding hydrogens is 476 g/mol. The van der Waals surface area contributed by atoms with Crippen LogP contribution in [0.3, 0.4) is 0 Å². The highest BCUT2D eigenvalue weighted by Gasteiger charge is 2.20. The first kappa shape index (κ1) is 22.1. The second kappa shape index (κ2) is 9.24. The van der Waals surface area contributed by atoms with Gasteiger partial charge in [-0.3, -0.25) is 4.98 Å². The highest BCUT2D eigenvalue weighted by atomic mass is 35.5. The van der Waals surface area contributed by atoms with Crippen molar-refractivity contribution in [3.05, 3.63) is 88.4 Å². The molecule has 0 bridgehead atoms.